The van der Waals surface area contributed by atoms with Gasteiger partial charge in [0.05, 0.1) is 5.54 Å². The van der Waals surface area contributed by atoms with Gasteiger partial charge in [0.1, 0.15) is 0 Å². The molecule has 2 rings (SSSR count). The van der Waals surface area contributed by atoms with Crippen LogP contribution in [0.25, 0.3) is 0 Å². The molecule has 0 N–H and O–H groups in total. The molecule has 1 nitrogen and oxygen atoms in total. The smallest absolute Gasteiger partial charge is 0.0770 e. The van der Waals surface area contributed by atoms with Crippen molar-refractivity contribution in [2.75, 3.05) is 7.05 Å². The molecule has 78 valence electrons. The Kier molecular flexibility index (Phi) is 2.04. The van der Waals surface area contributed by atoms with Gasteiger partial charge in [0.25, 0.3) is 0 Å². The van der Waals surface area contributed by atoms with Crippen LogP contribution in [0.2, 0.25) is 0 Å². The molecule has 1 aliphatic carbocycles. The molecule has 1 saturated carbocycles. The zero-order chi connectivity index (χ0) is 10.7. The second-order valence-corrected chi connectivity index (χ2v) is 5.47. The van der Waals surface area contributed by atoms with Gasteiger partial charge in [-0.25, -0.2) is 0 Å². The number of hydrogen-bond acceptors (Lipinski definition) is 2. The van der Waals surface area contributed by atoms with Crippen molar-refractivity contribution in [3.05, 3.63) is 12.3 Å². The van der Waals surface area contributed by atoms with Crippen molar-refractivity contribution in [1.82, 2.24) is 4.90 Å². The molecule has 1 unspecified atom stereocenters. The zero-order valence-corrected chi connectivity index (χ0v) is 10.3. The van der Waals surface area contributed by atoms with Crippen LogP contribution in [0.5, 0.6) is 0 Å². The highest BCUT2D eigenvalue weighted by molar-refractivity contribution is 7.80. The lowest BCUT2D eigenvalue weighted by atomic mass is 9.60. The number of allylic oxidation sites excluding steroid dienone is 1. The molecule has 4 atom stereocenters. The van der Waals surface area contributed by atoms with Gasteiger partial charge < -0.3 is 4.90 Å². The van der Waals surface area contributed by atoms with E-state index in [0.717, 1.165) is 6.42 Å². The van der Waals surface area contributed by atoms with Gasteiger partial charge in [0.2, 0.25) is 0 Å². The number of hydrogen-bond donors (Lipinski definition) is 0. The fraction of sp³-hybridized carbons (Fsp3) is 0.750. The van der Waals surface area contributed by atoms with Crippen LogP contribution in [-0.4, -0.2) is 22.4 Å². The van der Waals surface area contributed by atoms with Crippen molar-refractivity contribution in [1.29, 1.82) is 0 Å². The third kappa shape index (κ3) is 0.837. The molecule has 2 aliphatic rings. The van der Waals surface area contributed by atoms with Crippen LogP contribution in [0, 0.1) is 17.8 Å². The molecule has 0 aromatic heterocycles. The van der Waals surface area contributed by atoms with Crippen LogP contribution < -0.4 is 0 Å². The zero-order valence-electron chi connectivity index (χ0n) is 9.50. The quantitative estimate of drug-likeness (QED) is 0.564. The average Bonchev–Trinajstić information content (AvgIpc) is 2.31. The predicted octanol–water partition coefficient (Wildman–Crippen LogP) is 2.87. The molecular formula is C12H19NS. The molecule has 1 aliphatic heterocycles. The molecule has 0 aromatic rings. The highest BCUT2D eigenvalue weighted by Gasteiger charge is 2.61. The lowest BCUT2D eigenvalue weighted by Crippen LogP contribution is -2.64. The molecule has 2 heteroatoms. The monoisotopic (exact) mass is 209 g/mol. The van der Waals surface area contributed by atoms with E-state index in [1.165, 1.54) is 10.6 Å². The first-order valence-corrected chi connectivity index (χ1v) is 5.80. The van der Waals surface area contributed by atoms with E-state index in [4.69, 9.17) is 12.2 Å². The molecule has 1 saturated heterocycles. The summed E-state index contributed by atoms with van der Waals surface area (Å²) in [7, 11) is 2.16. The number of likely N-dealkylation sites (tertiary alicyclic amines) is 1. The second kappa shape index (κ2) is 2.82. The molecule has 0 radical (unpaired) electrons. The molecule has 2 fully saturated rings. The van der Waals surface area contributed by atoms with Crippen molar-refractivity contribution < 1.29 is 0 Å². The highest BCUT2D eigenvalue weighted by atomic mass is 32.1. The van der Waals surface area contributed by atoms with E-state index in [1.54, 1.807) is 0 Å². The molecule has 1 heterocycles. The fourth-order valence-electron chi connectivity index (χ4n) is 3.48. The summed E-state index contributed by atoms with van der Waals surface area (Å²) >= 11 is 5.51. The summed E-state index contributed by atoms with van der Waals surface area (Å²) in [5.74, 6) is 1.88. The van der Waals surface area contributed by atoms with E-state index in [9.17, 15) is 0 Å². The molecule has 1 spiro atoms. The summed E-state index contributed by atoms with van der Waals surface area (Å²) in [6, 6.07) is 0. The third-order valence-electron chi connectivity index (χ3n) is 4.65. The van der Waals surface area contributed by atoms with Crippen molar-refractivity contribution in [3.8, 4) is 0 Å². The average molecular weight is 209 g/mol. The summed E-state index contributed by atoms with van der Waals surface area (Å²) in [5, 5.41) is 0. The lowest BCUT2D eigenvalue weighted by Gasteiger charge is -2.54. The van der Waals surface area contributed by atoms with Crippen molar-refractivity contribution >= 4 is 17.1 Å². The Bertz CT molecular complexity index is 309. The van der Waals surface area contributed by atoms with E-state index in [0.29, 0.717) is 17.8 Å². The Morgan fingerprint density at radius 2 is 2.00 bits per heavy atom. The summed E-state index contributed by atoms with van der Waals surface area (Å²) in [6.45, 7) is 11.1. The normalized spacial score (nSPS) is 47.4. The topological polar surface area (TPSA) is 3.24 Å². The Labute approximate surface area is 92.2 Å². The summed E-state index contributed by atoms with van der Waals surface area (Å²) in [4.78, 5) is 3.59. The Morgan fingerprint density at radius 3 is 2.21 bits per heavy atom. The molecule has 0 aromatic carbocycles. The first-order chi connectivity index (χ1) is 6.44. The standard InChI is InChI=1S/C12H19NS/c1-7-6-11(14)12(7)9(3)8(2)10(4)13(12)5/h7-9H,4,6H2,1-3,5H3/t7?,8-,9+,12-/m1/s1. The van der Waals surface area contributed by atoms with Gasteiger partial charge in [0.15, 0.2) is 0 Å². The van der Waals surface area contributed by atoms with E-state index in [-0.39, 0.29) is 5.54 Å². The largest absolute Gasteiger partial charge is 0.367 e. The molecule has 14 heavy (non-hydrogen) atoms. The van der Waals surface area contributed by atoms with Gasteiger partial charge in [-0.3, -0.25) is 0 Å². The summed E-state index contributed by atoms with van der Waals surface area (Å²) in [6.07, 6.45) is 1.12. The maximum absolute atomic E-state index is 5.51. The minimum atomic E-state index is 0.159. The fourth-order valence-corrected chi connectivity index (χ4v) is 4.25. The number of thiocarbonyl (C=S) groups is 1. The molecule has 0 bridgehead atoms. The first-order valence-electron chi connectivity index (χ1n) is 5.40. The van der Waals surface area contributed by atoms with Crippen LogP contribution in [0.1, 0.15) is 27.2 Å². The van der Waals surface area contributed by atoms with E-state index < -0.39 is 0 Å². The number of nitrogens with zero attached hydrogens (tertiary/aromatic N) is 1. The Hall–Kier alpha value is -0.370. The Balaban J connectivity index is 2.45. The Morgan fingerprint density at radius 1 is 1.43 bits per heavy atom. The summed E-state index contributed by atoms with van der Waals surface area (Å²) < 4.78 is 0. The third-order valence-corrected chi connectivity index (χ3v) is 5.14. The maximum atomic E-state index is 5.51. The predicted molar refractivity (Wildman–Crippen MR) is 64.3 cm³/mol. The maximum Gasteiger partial charge on any atom is 0.0770 e. The second-order valence-electron chi connectivity index (χ2n) is 4.98. The van der Waals surface area contributed by atoms with Crippen LogP contribution in [0.3, 0.4) is 0 Å². The minimum Gasteiger partial charge on any atom is -0.367 e. The number of rotatable bonds is 0. The van der Waals surface area contributed by atoms with Crippen molar-refractivity contribution in [3.63, 3.8) is 0 Å². The van der Waals surface area contributed by atoms with Gasteiger partial charge in [-0.05, 0) is 18.3 Å². The van der Waals surface area contributed by atoms with Gasteiger partial charge in [0, 0.05) is 23.5 Å². The van der Waals surface area contributed by atoms with Crippen LogP contribution in [0.15, 0.2) is 12.3 Å². The minimum absolute atomic E-state index is 0.159. The first kappa shape index (κ1) is 10.2. The van der Waals surface area contributed by atoms with Crippen molar-refractivity contribution in [2.45, 2.75) is 32.7 Å². The van der Waals surface area contributed by atoms with E-state index >= 15 is 0 Å². The highest BCUT2D eigenvalue weighted by Crippen LogP contribution is 2.55. The van der Waals surface area contributed by atoms with E-state index in [1.807, 2.05) is 0 Å². The summed E-state index contributed by atoms with van der Waals surface area (Å²) in [5.41, 5.74) is 1.41. The van der Waals surface area contributed by atoms with Crippen LogP contribution in [0.4, 0.5) is 0 Å². The SMILES string of the molecule is C=C1[C@H](C)[C@H](C)[C@]2(C(=S)CC2C)N1C. The van der Waals surface area contributed by atoms with Crippen LogP contribution in [-0.2, 0) is 0 Å². The van der Waals surface area contributed by atoms with Gasteiger partial charge in [-0.1, -0.05) is 39.6 Å². The van der Waals surface area contributed by atoms with E-state index in [2.05, 4.69) is 39.3 Å². The van der Waals surface area contributed by atoms with Crippen LogP contribution >= 0.6 is 12.2 Å². The van der Waals surface area contributed by atoms with Gasteiger partial charge in [-0.2, -0.15) is 0 Å². The lowest BCUT2D eigenvalue weighted by molar-refractivity contribution is 0.120. The van der Waals surface area contributed by atoms with Gasteiger partial charge >= 0.3 is 0 Å². The molecular weight excluding hydrogens is 190 g/mol. The van der Waals surface area contributed by atoms with Gasteiger partial charge in [-0.15, -0.1) is 0 Å². The van der Waals surface area contributed by atoms with Crippen molar-refractivity contribution in [2.24, 2.45) is 17.8 Å². The molecule has 0 amide bonds.